The van der Waals surface area contributed by atoms with Gasteiger partial charge in [-0.1, -0.05) is 24.3 Å². The van der Waals surface area contributed by atoms with E-state index in [0.717, 1.165) is 16.7 Å². The van der Waals surface area contributed by atoms with Crippen molar-refractivity contribution in [1.29, 1.82) is 0 Å². The molecule has 5 nitrogen and oxygen atoms in total. The monoisotopic (exact) mass is 508 g/mol. The second-order valence-electron chi connectivity index (χ2n) is 8.50. The van der Waals surface area contributed by atoms with Gasteiger partial charge in [0.2, 0.25) is 0 Å². The van der Waals surface area contributed by atoms with Crippen LogP contribution in [0.1, 0.15) is 17.2 Å². The van der Waals surface area contributed by atoms with Gasteiger partial charge in [0.15, 0.2) is 5.13 Å². The van der Waals surface area contributed by atoms with E-state index in [2.05, 4.69) is 15.2 Å². The summed E-state index contributed by atoms with van der Waals surface area (Å²) in [6, 6.07) is 18.3. The van der Waals surface area contributed by atoms with Crippen LogP contribution in [-0.4, -0.2) is 47.0 Å². The average molecular weight is 509 g/mol. The lowest BCUT2D eigenvalue weighted by Gasteiger charge is -2.39. The molecule has 1 aromatic heterocycles. The van der Waals surface area contributed by atoms with Crippen molar-refractivity contribution in [3.63, 3.8) is 0 Å². The standard InChI is InChI=1S/C27H23F3N4OS/c28-21-7-1-18(2-8-21)24-17-36-26(31-24)32-27(35)34-15-13-33(14-16-34)25(19-3-9-22(29)10-4-19)20-5-11-23(30)12-6-20/h1-12,17,25H,13-16H2,(H,31,32,35). The first-order valence-corrected chi connectivity index (χ1v) is 12.4. The largest absolute Gasteiger partial charge is 0.323 e. The summed E-state index contributed by atoms with van der Waals surface area (Å²) in [6.45, 7) is 2.15. The summed E-state index contributed by atoms with van der Waals surface area (Å²) < 4.78 is 40.3. The van der Waals surface area contributed by atoms with E-state index < -0.39 is 0 Å². The van der Waals surface area contributed by atoms with Gasteiger partial charge in [-0.15, -0.1) is 11.3 Å². The maximum atomic E-state index is 13.5. The topological polar surface area (TPSA) is 48.5 Å². The Morgan fingerprint density at radius 1 is 0.778 bits per heavy atom. The zero-order valence-corrected chi connectivity index (χ0v) is 20.0. The van der Waals surface area contributed by atoms with E-state index in [1.165, 1.54) is 47.7 Å². The summed E-state index contributed by atoms with van der Waals surface area (Å²) in [7, 11) is 0. The van der Waals surface area contributed by atoms with Crippen LogP contribution in [0.15, 0.2) is 78.2 Å². The fourth-order valence-corrected chi connectivity index (χ4v) is 5.05. The molecule has 184 valence electrons. The van der Waals surface area contributed by atoms with Crippen molar-refractivity contribution < 1.29 is 18.0 Å². The van der Waals surface area contributed by atoms with Gasteiger partial charge in [0.05, 0.1) is 11.7 Å². The maximum absolute atomic E-state index is 13.5. The van der Waals surface area contributed by atoms with E-state index >= 15 is 0 Å². The molecule has 1 N–H and O–H groups in total. The quantitative estimate of drug-likeness (QED) is 0.351. The summed E-state index contributed by atoms with van der Waals surface area (Å²) in [5.74, 6) is -0.950. The molecule has 5 rings (SSSR count). The highest BCUT2D eigenvalue weighted by Crippen LogP contribution is 2.30. The van der Waals surface area contributed by atoms with E-state index in [0.29, 0.717) is 37.0 Å². The molecule has 4 aromatic rings. The SMILES string of the molecule is O=C(Nc1nc(-c2ccc(F)cc2)cs1)N1CCN(C(c2ccc(F)cc2)c2ccc(F)cc2)CC1. The number of carbonyl (C=O) groups excluding carboxylic acids is 1. The minimum atomic E-state index is -0.317. The number of amides is 2. The van der Waals surface area contributed by atoms with E-state index in [1.54, 1.807) is 41.3 Å². The Morgan fingerprint density at radius 2 is 1.28 bits per heavy atom. The number of piperazine rings is 1. The van der Waals surface area contributed by atoms with E-state index in [1.807, 2.05) is 5.38 Å². The Balaban J connectivity index is 1.25. The summed E-state index contributed by atoms with van der Waals surface area (Å²) in [5.41, 5.74) is 3.24. The number of nitrogens with one attached hydrogen (secondary N) is 1. The highest BCUT2D eigenvalue weighted by atomic mass is 32.1. The Labute approximate surface area is 210 Å². The van der Waals surface area contributed by atoms with Gasteiger partial charge in [0.1, 0.15) is 17.5 Å². The van der Waals surface area contributed by atoms with Gasteiger partial charge >= 0.3 is 6.03 Å². The van der Waals surface area contributed by atoms with Crippen molar-refractivity contribution in [3.05, 3.63) is 107 Å². The van der Waals surface area contributed by atoms with Crippen molar-refractivity contribution in [1.82, 2.24) is 14.8 Å². The number of halogens is 3. The van der Waals surface area contributed by atoms with Crippen LogP contribution < -0.4 is 5.32 Å². The van der Waals surface area contributed by atoms with E-state index in [4.69, 9.17) is 0 Å². The lowest BCUT2D eigenvalue weighted by Crippen LogP contribution is -2.51. The van der Waals surface area contributed by atoms with Crippen LogP contribution in [0.2, 0.25) is 0 Å². The number of anilines is 1. The molecular weight excluding hydrogens is 485 g/mol. The first-order chi connectivity index (χ1) is 17.5. The summed E-state index contributed by atoms with van der Waals surface area (Å²) in [5, 5.41) is 5.14. The first-order valence-electron chi connectivity index (χ1n) is 11.5. The van der Waals surface area contributed by atoms with E-state index in [9.17, 15) is 18.0 Å². The van der Waals surface area contributed by atoms with Crippen LogP contribution in [0.4, 0.5) is 23.1 Å². The third-order valence-corrected chi connectivity index (χ3v) is 6.95. The van der Waals surface area contributed by atoms with Gasteiger partial charge in [0, 0.05) is 37.1 Å². The second-order valence-corrected chi connectivity index (χ2v) is 9.36. The molecule has 1 fully saturated rings. The van der Waals surface area contributed by atoms with Crippen molar-refractivity contribution in [2.24, 2.45) is 0 Å². The highest BCUT2D eigenvalue weighted by Gasteiger charge is 2.28. The molecule has 0 spiro atoms. The Kier molecular flexibility index (Phi) is 7.02. The normalized spacial score (nSPS) is 14.3. The Bertz CT molecular complexity index is 1270. The van der Waals surface area contributed by atoms with Crippen LogP contribution in [0.25, 0.3) is 11.3 Å². The summed E-state index contributed by atoms with van der Waals surface area (Å²) in [4.78, 5) is 21.3. The molecule has 2 amide bonds. The maximum Gasteiger partial charge on any atom is 0.323 e. The number of carbonyl (C=O) groups is 1. The number of thiazole rings is 1. The predicted octanol–water partition coefficient (Wildman–Crippen LogP) is 6.17. The summed E-state index contributed by atoms with van der Waals surface area (Å²) in [6.07, 6.45) is 0. The molecule has 0 aliphatic carbocycles. The minimum Gasteiger partial charge on any atom is -0.322 e. The zero-order valence-electron chi connectivity index (χ0n) is 19.2. The predicted molar refractivity (Wildman–Crippen MR) is 134 cm³/mol. The second kappa shape index (κ2) is 10.5. The average Bonchev–Trinajstić information content (AvgIpc) is 3.35. The molecule has 2 heterocycles. The molecule has 3 aromatic carbocycles. The molecule has 0 atom stereocenters. The zero-order chi connectivity index (χ0) is 25.1. The smallest absolute Gasteiger partial charge is 0.322 e. The summed E-state index contributed by atoms with van der Waals surface area (Å²) >= 11 is 1.31. The van der Waals surface area contributed by atoms with E-state index in [-0.39, 0.29) is 29.5 Å². The lowest BCUT2D eigenvalue weighted by molar-refractivity contribution is 0.126. The van der Waals surface area contributed by atoms with Gasteiger partial charge in [0.25, 0.3) is 0 Å². The van der Waals surface area contributed by atoms with Gasteiger partial charge in [-0.05, 0) is 59.7 Å². The molecule has 0 bridgehead atoms. The van der Waals surface area contributed by atoms with Crippen LogP contribution in [-0.2, 0) is 0 Å². The fraction of sp³-hybridized carbons (Fsp3) is 0.185. The number of hydrogen-bond acceptors (Lipinski definition) is 4. The third kappa shape index (κ3) is 5.42. The molecule has 0 radical (unpaired) electrons. The molecule has 1 aliphatic rings. The molecule has 36 heavy (non-hydrogen) atoms. The van der Waals surface area contributed by atoms with Crippen LogP contribution in [0.5, 0.6) is 0 Å². The number of nitrogens with zero attached hydrogens (tertiary/aromatic N) is 3. The Morgan fingerprint density at radius 3 is 1.81 bits per heavy atom. The van der Waals surface area contributed by atoms with Crippen molar-refractivity contribution >= 4 is 22.5 Å². The first kappa shape index (κ1) is 24.0. The number of rotatable bonds is 5. The van der Waals surface area contributed by atoms with Crippen molar-refractivity contribution in [3.8, 4) is 11.3 Å². The molecule has 0 saturated carbocycles. The van der Waals surface area contributed by atoms with Crippen LogP contribution >= 0.6 is 11.3 Å². The number of hydrogen-bond donors (Lipinski definition) is 1. The minimum absolute atomic E-state index is 0.186. The molecule has 1 saturated heterocycles. The number of benzene rings is 3. The molecule has 9 heteroatoms. The van der Waals surface area contributed by atoms with Gasteiger partial charge in [-0.2, -0.15) is 0 Å². The van der Waals surface area contributed by atoms with Gasteiger partial charge in [-0.25, -0.2) is 22.9 Å². The number of aromatic nitrogens is 1. The van der Waals surface area contributed by atoms with Crippen LogP contribution in [0.3, 0.4) is 0 Å². The van der Waals surface area contributed by atoms with Gasteiger partial charge in [-0.3, -0.25) is 10.2 Å². The van der Waals surface area contributed by atoms with Crippen LogP contribution in [0, 0.1) is 17.5 Å². The van der Waals surface area contributed by atoms with Crippen molar-refractivity contribution in [2.75, 3.05) is 31.5 Å². The van der Waals surface area contributed by atoms with Gasteiger partial charge < -0.3 is 4.90 Å². The lowest BCUT2D eigenvalue weighted by atomic mass is 9.96. The molecular formula is C27H23F3N4OS. The fourth-order valence-electron chi connectivity index (χ4n) is 4.34. The Hall–Kier alpha value is -3.69. The third-order valence-electron chi connectivity index (χ3n) is 6.20. The molecule has 0 unspecified atom stereocenters. The highest BCUT2D eigenvalue weighted by molar-refractivity contribution is 7.14. The molecule has 1 aliphatic heterocycles. The number of urea groups is 1. The van der Waals surface area contributed by atoms with Crippen molar-refractivity contribution in [2.45, 2.75) is 6.04 Å².